The minimum absolute atomic E-state index is 0.0882. The van der Waals surface area contributed by atoms with Gasteiger partial charge in [0.05, 0.1) is 18.9 Å². The molecule has 0 bridgehead atoms. The van der Waals surface area contributed by atoms with E-state index in [0.717, 1.165) is 0 Å². The SMILES string of the molecule is CC(=O)CN(CCC(=O)O)CC(C)C(=O)O. The molecule has 16 heavy (non-hydrogen) atoms. The number of nitrogens with zero attached hydrogens (tertiary/aromatic N) is 1. The number of carbonyl (C=O) groups excluding carboxylic acids is 1. The molecule has 0 aliphatic rings. The fourth-order valence-corrected chi connectivity index (χ4v) is 1.27. The third-order valence-corrected chi connectivity index (χ3v) is 2.04. The van der Waals surface area contributed by atoms with Crippen molar-refractivity contribution < 1.29 is 24.6 Å². The van der Waals surface area contributed by atoms with Crippen LogP contribution in [-0.2, 0) is 14.4 Å². The highest BCUT2D eigenvalue weighted by Gasteiger charge is 2.17. The Balaban J connectivity index is 4.24. The summed E-state index contributed by atoms with van der Waals surface area (Å²) in [7, 11) is 0. The van der Waals surface area contributed by atoms with Gasteiger partial charge in [0.1, 0.15) is 5.78 Å². The van der Waals surface area contributed by atoms with Crippen molar-refractivity contribution in [3.63, 3.8) is 0 Å². The fraction of sp³-hybridized carbons (Fsp3) is 0.700. The molecule has 2 N–H and O–H groups in total. The van der Waals surface area contributed by atoms with Crippen LogP contribution < -0.4 is 0 Å². The van der Waals surface area contributed by atoms with Crippen LogP contribution in [0.1, 0.15) is 20.3 Å². The van der Waals surface area contributed by atoms with Crippen LogP contribution in [0.15, 0.2) is 0 Å². The zero-order chi connectivity index (χ0) is 12.7. The van der Waals surface area contributed by atoms with Crippen molar-refractivity contribution in [2.45, 2.75) is 20.3 Å². The quantitative estimate of drug-likeness (QED) is 0.614. The van der Waals surface area contributed by atoms with Crippen LogP contribution in [0.5, 0.6) is 0 Å². The predicted molar refractivity (Wildman–Crippen MR) is 56.2 cm³/mol. The van der Waals surface area contributed by atoms with Crippen molar-refractivity contribution in [1.29, 1.82) is 0 Å². The van der Waals surface area contributed by atoms with E-state index >= 15 is 0 Å². The molecule has 0 aliphatic carbocycles. The monoisotopic (exact) mass is 231 g/mol. The molecule has 92 valence electrons. The molecule has 0 amide bonds. The smallest absolute Gasteiger partial charge is 0.307 e. The van der Waals surface area contributed by atoms with Crippen molar-refractivity contribution in [1.82, 2.24) is 4.90 Å². The van der Waals surface area contributed by atoms with E-state index in [4.69, 9.17) is 10.2 Å². The molecule has 6 heteroatoms. The average molecular weight is 231 g/mol. The maximum atomic E-state index is 10.9. The second kappa shape index (κ2) is 6.95. The standard InChI is InChI=1S/C10H17NO5/c1-7(10(15)16)5-11(6-8(2)12)4-3-9(13)14/h7H,3-6H2,1-2H3,(H,13,14)(H,15,16). The van der Waals surface area contributed by atoms with Gasteiger partial charge in [0.15, 0.2) is 0 Å². The Kier molecular flexibility index (Phi) is 6.32. The van der Waals surface area contributed by atoms with Gasteiger partial charge in [-0.1, -0.05) is 6.92 Å². The summed E-state index contributed by atoms with van der Waals surface area (Å²) in [6, 6.07) is 0. The van der Waals surface area contributed by atoms with E-state index in [1.54, 1.807) is 4.90 Å². The van der Waals surface area contributed by atoms with Crippen LogP contribution in [0.4, 0.5) is 0 Å². The van der Waals surface area contributed by atoms with Gasteiger partial charge < -0.3 is 10.2 Å². The molecule has 0 aromatic heterocycles. The maximum Gasteiger partial charge on any atom is 0.307 e. The Bertz CT molecular complexity index is 276. The van der Waals surface area contributed by atoms with E-state index in [2.05, 4.69) is 0 Å². The summed E-state index contributed by atoms with van der Waals surface area (Å²) < 4.78 is 0. The highest BCUT2D eigenvalue weighted by atomic mass is 16.4. The summed E-state index contributed by atoms with van der Waals surface area (Å²) in [5, 5.41) is 17.2. The summed E-state index contributed by atoms with van der Waals surface area (Å²) in [5.41, 5.74) is 0. The highest BCUT2D eigenvalue weighted by molar-refractivity contribution is 5.78. The minimum Gasteiger partial charge on any atom is -0.481 e. The molecule has 0 spiro atoms. The first-order valence-electron chi connectivity index (χ1n) is 4.99. The molecule has 1 unspecified atom stereocenters. The summed E-state index contributed by atoms with van der Waals surface area (Å²) in [6.07, 6.45) is -0.0976. The first kappa shape index (κ1) is 14.6. The maximum absolute atomic E-state index is 10.9. The van der Waals surface area contributed by atoms with Crippen molar-refractivity contribution in [3.8, 4) is 0 Å². The number of carboxylic acid groups (broad SMARTS) is 2. The average Bonchev–Trinajstić information content (AvgIpc) is 2.12. The van der Waals surface area contributed by atoms with Crippen molar-refractivity contribution in [2.24, 2.45) is 5.92 Å². The number of hydrogen-bond acceptors (Lipinski definition) is 4. The lowest BCUT2D eigenvalue weighted by Crippen LogP contribution is -2.36. The largest absolute Gasteiger partial charge is 0.481 e. The van der Waals surface area contributed by atoms with Gasteiger partial charge in [0.25, 0.3) is 0 Å². The Morgan fingerprint density at radius 1 is 1.25 bits per heavy atom. The molecule has 0 saturated heterocycles. The number of Topliss-reactive ketones (excluding diaryl/α,β-unsaturated/α-hetero) is 1. The van der Waals surface area contributed by atoms with Crippen molar-refractivity contribution in [3.05, 3.63) is 0 Å². The Hall–Kier alpha value is -1.43. The van der Waals surface area contributed by atoms with Crippen LogP contribution in [0.25, 0.3) is 0 Å². The van der Waals surface area contributed by atoms with E-state index in [9.17, 15) is 14.4 Å². The number of aliphatic carboxylic acids is 2. The molecular formula is C10H17NO5. The highest BCUT2D eigenvalue weighted by Crippen LogP contribution is 2.01. The molecule has 6 nitrogen and oxygen atoms in total. The topological polar surface area (TPSA) is 94.9 Å². The molecule has 0 rings (SSSR count). The van der Waals surface area contributed by atoms with Gasteiger partial charge in [-0.25, -0.2) is 0 Å². The third-order valence-electron chi connectivity index (χ3n) is 2.04. The van der Waals surface area contributed by atoms with Gasteiger partial charge in [-0.2, -0.15) is 0 Å². The third kappa shape index (κ3) is 6.94. The van der Waals surface area contributed by atoms with Crippen LogP contribution in [0, 0.1) is 5.92 Å². The second-order valence-electron chi connectivity index (χ2n) is 3.82. The predicted octanol–water partition coefficient (Wildman–Crippen LogP) is 0.0728. The number of ketones is 1. The summed E-state index contributed by atoms with van der Waals surface area (Å²) in [5.74, 6) is -2.64. The summed E-state index contributed by atoms with van der Waals surface area (Å²) in [4.78, 5) is 33.5. The van der Waals surface area contributed by atoms with Crippen LogP contribution in [0.2, 0.25) is 0 Å². The lowest BCUT2D eigenvalue weighted by atomic mass is 10.1. The Labute approximate surface area is 93.9 Å². The number of rotatable bonds is 8. The first-order valence-corrected chi connectivity index (χ1v) is 4.99. The molecule has 0 aromatic carbocycles. The van der Waals surface area contributed by atoms with E-state index in [1.165, 1.54) is 13.8 Å². The zero-order valence-electron chi connectivity index (χ0n) is 9.47. The molecule has 1 atom stereocenters. The first-order chi connectivity index (χ1) is 7.32. The van der Waals surface area contributed by atoms with Gasteiger partial charge in [0, 0.05) is 13.1 Å². The van der Waals surface area contributed by atoms with Gasteiger partial charge in [0.2, 0.25) is 0 Å². The van der Waals surface area contributed by atoms with Gasteiger partial charge in [-0.3, -0.25) is 19.3 Å². The van der Waals surface area contributed by atoms with Crippen molar-refractivity contribution >= 4 is 17.7 Å². The molecule has 0 fully saturated rings. The van der Waals surface area contributed by atoms with E-state index in [0.29, 0.717) is 0 Å². The van der Waals surface area contributed by atoms with Crippen LogP contribution in [-0.4, -0.2) is 52.5 Å². The van der Waals surface area contributed by atoms with Gasteiger partial charge >= 0.3 is 11.9 Å². The Morgan fingerprint density at radius 3 is 2.19 bits per heavy atom. The Morgan fingerprint density at radius 2 is 1.81 bits per heavy atom. The summed E-state index contributed by atoms with van der Waals surface area (Å²) >= 11 is 0. The molecule has 0 saturated carbocycles. The number of carbonyl (C=O) groups is 3. The molecule has 0 heterocycles. The zero-order valence-corrected chi connectivity index (χ0v) is 9.47. The van der Waals surface area contributed by atoms with Gasteiger partial charge in [-0.15, -0.1) is 0 Å². The van der Waals surface area contributed by atoms with E-state index < -0.39 is 17.9 Å². The lowest BCUT2D eigenvalue weighted by Gasteiger charge is -2.21. The van der Waals surface area contributed by atoms with E-state index in [-0.39, 0.29) is 31.8 Å². The van der Waals surface area contributed by atoms with Crippen LogP contribution in [0.3, 0.4) is 0 Å². The lowest BCUT2D eigenvalue weighted by molar-refractivity contribution is -0.142. The van der Waals surface area contributed by atoms with Crippen molar-refractivity contribution in [2.75, 3.05) is 19.6 Å². The molecule has 0 radical (unpaired) electrons. The van der Waals surface area contributed by atoms with E-state index in [1.807, 2.05) is 0 Å². The molecular weight excluding hydrogens is 214 g/mol. The number of hydrogen-bond donors (Lipinski definition) is 2. The minimum atomic E-state index is -0.962. The van der Waals surface area contributed by atoms with Crippen LogP contribution >= 0.6 is 0 Å². The normalized spacial score (nSPS) is 12.4. The number of carboxylic acids is 2. The van der Waals surface area contributed by atoms with Gasteiger partial charge in [-0.05, 0) is 6.92 Å². The molecule has 0 aromatic rings. The molecule has 0 aliphatic heterocycles. The fourth-order valence-electron chi connectivity index (χ4n) is 1.27. The second-order valence-corrected chi connectivity index (χ2v) is 3.82. The summed E-state index contributed by atoms with van der Waals surface area (Å²) in [6.45, 7) is 3.37.